The third-order valence-corrected chi connectivity index (χ3v) is 8.33. The molecule has 2 aliphatic rings. The number of carboxylic acids is 2. The minimum Gasteiger partial charge on any atom is -0.478 e. The van der Waals surface area contributed by atoms with Crippen LogP contribution < -0.4 is 5.43 Å². The van der Waals surface area contributed by atoms with Crippen molar-refractivity contribution < 1.29 is 24.2 Å². The van der Waals surface area contributed by atoms with Crippen LogP contribution in [-0.2, 0) is 12.8 Å². The Kier molecular flexibility index (Phi) is 8.63. The Morgan fingerprint density at radius 1 is 0.769 bits per heavy atom. The maximum Gasteiger partial charge on any atom is 0.336 e. The van der Waals surface area contributed by atoms with Crippen molar-refractivity contribution in [1.29, 1.82) is 0 Å². The molecular formula is C31H38N2O6. The molecule has 0 spiro atoms. The molecule has 3 heterocycles. The van der Waals surface area contributed by atoms with Gasteiger partial charge < -0.3 is 24.4 Å². The molecule has 0 saturated carbocycles. The smallest absolute Gasteiger partial charge is 0.336 e. The van der Waals surface area contributed by atoms with Crippen LogP contribution in [-0.4, -0.2) is 71.2 Å². The Morgan fingerprint density at radius 2 is 1.38 bits per heavy atom. The largest absolute Gasteiger partial charge is 0.478 e. The number of carboxylic acid groups (broad SMARTS) is 2. The van der Waals surface area contributed by atoms with E-state index in [1.165, 1.54) is 56.7 Å². The van der Waals surface area contributed by atoms with E-state index in [-0.39, 0.29) is 27.3 Å². The van der Waals surface area contributed by atoms with E-state index in [1.807, 2.05) is 0 Å². The Morgan fingerprint density at radius 3 is 1.97 bits per heavy atom. The maximum absolute atomic E-state index is 13.8. The molecule has 0 atom stereocenters. The number of carbonyl (C=O) groups is 2. The van der Waals surface area contributed by atoms with Crippen molar-refractivity contribution >= 4 is 33.9 Å². The third-order valence-electron chi connectivity index (χ3n) is 8.33. The molecule has 8 nitrogen and oxygen atoms in total. The molecule has 2 aliphatic heterocycles. The van der Waals surface area contributed by atoms with E-state index >= 15 is 0 Å². The lowest BCUT2D eigenvalue weighted by molar-refractivity contribution is 0.0685. The van der Waals surface area contributed by atoms with Crippen LogP contribution in [0.3, 0.4) is 0 Å². The Bertz CT molecular complexity index is 1420. The number of piperidine rings is 2. The van der Waals surface area contributed by atoms with Gasteiger partial charge in [-0.25, -0.2) is 9.59 Å². The lowest BCUT2D eigenvalue weighted by atomic mass is 9.90. The zero-order valence-electron chi connectivity index (χ0n) is 22.5. The molecule has 208 valence electrons. The molecule has 0 bridgehead atoms. The first-order chi connectivity index (χ1) is 18.9. The highest BCUT2D eigenvalue weighted by Gasteiger charge is 2.24. The fraction of sp³-hybridized carbons (Fsp3) is 0.516. The van der Waals surface area contributed by atoms with Gasteiger partial charge in [-0.1, -0.05) is 12.8 Å². The summed E-state index contributed by atoms with van der Waals surface area (Å²) in [6, 6.07) is 5.99. The van der Waals surface area contributed by atoms with Gasteiger partial charge in [-0.2, -0.15) is 0 Å². The van der Waals surface area contributed by atoms with Gasteiger partial charge in [0.25, 0.3) is 0 Å². The molecule has 3 aromatic rings. The molecule has 2 aromatic carbocycles. The van der Waals surface area contributed by atoms with E-state index in [0.29, 0.717) is 35.1 Å². The fourth-order valence-electron chi connectivity index (χ4n) is 6.33. The van der Waals surface area contributed by atoms with E-state index < -0.39 is 11.9 Å². The lowest BCUT2D eigenvalue weighted by Gasteiger charge is -2.27. The Balaban J connectivity index is 1.55. The van der Waals surface area contributed by atoms with Crippen molar-refractivity contribution in [3.8, 4) is 0 Å². The number of fused-ring (bicyclic) bond motifs is 2. The van der Waals surface area contributed by atoms with E-state index in [0.717, 1.165) is 52.1 Å². The molecule has 2 saturated heterocycles. The van der Waals surface area contributed by atoms with Crippen LogP contribution in [0, 0.1) is 0 Å². The third kappa shape index (κ3) is 6.17. The average Bonchev–Trinajstić information content (AvgIpc) is 2.93. The van der Waals surface area contributed by atoms with E-state index in [2.05, 4.69) is 9.80 Å². The molecule has 8 heteroatoms. The van der Waals surface area contributed by atoms with Crippen LogP contribution in [0.15, 0.2) is 33.5 Å². The second kappa shape index (κ2) is 12.3. The van der Waals surface area contributed by atoms with Gasteiger partial charge in [-0.15, -0.1) is 0 Å². The molecule has 0 unspecified atom stereocenters. The summed E-state index contributed by atoms with van der Waals surface area (Å²) in [6.07, 6.45) is 9.89. The maximum atomic E-state index is 13.8. The number of aromatic carboxylic acids is 2. The normalized spacial score (nSPS) is 17.1. The van der Waals surface area contributed by atoms with Crippen molar-refractivity contribution in [2.75, 3.05) is 39.3 Å². The number of aryl methyl sites for hydroxylation is 2. The number of nitrogens with zero attached hydrogens (tertiary/aromatic N) is 2. The first-order valence-corrected chi connectivity index (χ1v) is 14.4. The van der Waals surface area contributed by atoms with Gasteiger partial charge in [0.15, 0.2) is 0 Å². The highest BCUT2D eigenvalue weighted by Crippen LogP contribution is 2.30. The van der Waals surface area contributed by atoms with Crippen LogP contribution in [0.4, 0.5) is 0 Å². The molecule has 0 amide bonds. The predicted octanol–water partition coefficient (Wildman–Crippen LogP) is 5.18. The molecular weight excluding hydrogens is 496 g/mol. The van der Waals surface area contributed by atoms with Crippen LogP contribution in [0.2, 0.25) is 0 Å². The summed E-state index contributed by atoms with van der Waals surface area (Å²) >= 11 is 0. The number of hydrogen-bond donors (Lipinski definition) is 2. The van der Waals surface area contributed by atoms with Gasteiger partial charge in [0.2, 0.25) is 5.43 Å². The summed E-state index contributed by atoms with van der Waals surface area (Å²) in [5, 5.41) is 20.3. The SMILES string of the molecule is O=C(O)c1ccc2oc3cc(CCCN4CCCCC4)c(C(=O)O)c(CCCN4CCCCC4)c3c(=O)c2c1. The van der Waals surface area contributed by atoms with Gasteiger partial charge in [-0.05, 0) is 126 Å². The van der Waals surface area contributed by atoms with Crippen LogP contribution in [0.5, 0.6) is 0 Å². The second-order valence-corrected chi connectivity index (χ2v) is 11.0. The van der Waals surface area contributed by atoms with E-state index in [4.69, 9.17) is 4.42 Å². The standard InChI is InChI=1S/C31H38N2O6/c34-29-24-19-22(30(35)36)11-12-25(24)39-26-20-21(9-7-17-32-13-3-1-4-14-32)27(31(37)38)23(28(26)29)10-8-18-33-15-5-2-6-16-33/h11-12,19-20H,1-10,13-18H2,(H,35,36)(H,37,38). The monoisotopic (exact) mass is 534 g/mol. The molecule has 1 aromatic heterocycles. The quantitative estimate of drug-likeness (QED) is 0.342. The minimum absolute atomic E-state index is 0.00594. The molecule has 2 N–H and O–H groups in total. The molecule has 39 heavy (non-hydrogen) atoms. The average molecular weight is 535 g/mol. The summed E-state index contributed by atoms with van der Waals surface area (Å²) in [6.45, 7) is 6.04. The predicted molar refractivity (Wildman–Crippen MR) is 151 cm³/mol. The van der Waals surface area contributed by atoms with Crippen molar-refractivity contribution in [3.63, 3.8) is 0 Å². The lowest BCUT2D eigenvalue weighted by Crippen LogP contribution is -2.31. The van der Waals surface area contributed by atoms with Gasteiger partial charge in [0, 0.05) is 0 Å². The summed E-state index contributed by atoms with van der Waals surface area (Å²) in [5.41, 5.74) is 1.73. The van der Waals surface area contributed by atoms with Crippen LogP contribution in [0.1, 0.15) is 83.2 Å². The number of hydrogen-bond acceptors (Lipinski definition) is 6. The van der Waals surface area contributed by atoms with Crippen molar-refractivity contribution in [3.05, 3.63) is 56.7 Å². The van der Waals surface area contributed by atoms with Crippen molar-refractivity contribution in [2.24, 2.45) is 0 Å². The molecule has 5 rings (SSSR count). The number of rotatable bonds is 10. The van der Waals surface area contributed by atoms with Gasteiger partial charge in [-0.3, -0.25) is 4.79 Å². The van der Waals surface area contributed by atoms with Crippen LogP contribution >= 0.6 is 0 Å². The first kappa shape index (κ1) is 27.3. The summed E-state index contributed by atoms with van der Waals surface area (Å²) in [5.74, 6) is -2.16. The first-order valence-electron chi connectivity index (χ1n) is 14.4. The molecule has 0 aliphatic carbocycles. The van der Waals surface area contributed by atoms with Gasteiger partial charge >= 0.3 is 11.9 Å². The number of benzene rings is 2. The minimum atomic E-state index is -1.13. The highest BCUT2D eigenvalue weighted by molar-refractivity contribution is 6.01. The van der Waals surface area contributed by atoms with Gasteiger partial charge in [0.05, 0.1) is 21.9 Å². The zero-order chi connectivity index (χ0) is 27.4. The zero-order valence-corrected chi connectivity index (χ0v) is 22.5. The Hall–Kier alpha value is -3.23. The van der Waals surface area contributed by atoms with Crippen LogP contribution in [0.25, 0.3) is 21.9 Å². The topological polar surface area (TPSA) is 111 Å². The highest BCUT2D eigenvalue weighted by atomic mass is 16.4. The van der Waals surface area contributed by atoms with E-state index in [1.54, 1.807) is 6.07 Å². The summed E-state index contributed by atoms with van der Waals surface area (Å²) in [4.78, 5) is 42.9. The fourth-order valence-corrected chi connectivity index (χ4v) is 6.33. The second-order valence-electron chi connectivity index (χ2n) is 11.0. The van der Waals surface area contributed by atoms with Crippen molar-refractivity contribution in [1.82, 2.24) is 9.80 Å². The van der Waals surface area contributed by atoms with E-state index in [9.17, 15) is 24.6 Å². The number of likely N-dealkylation sites (tertiary alicyclic amines) is 2. The summed E-state index contributed by atoms with van der Waals surface area (Å²) in [7, 11) is 0. The molecule has 2 fully saturated rings. The summed E-state index contributed by atoms with van der Waals surface area (Å²) < 4.78 is 6.16. The van der Waals surface area contributed by atoms with Crippen molar-refractivity contribution in [2.45, 2.75) is 64.2 Å². The van der Waals surface area contributed by atoms with Gasteiger partial charge in [0.1, 0.15) is 11.2 Å². The molecule has 0 radical (unpaired) electrons. The Labute approximate surface area is 228 Å².